The van der Waals surface area contributed by atoms with Crippen LogP contribution < -0.4 is 21.3 Å². The standard InChI is InChI=1S/C28H32N6O4/c1-3-24(35)32-22-13-8-14-34(18(22)2)23-16-30-25(26(29)36)27(33-23)31-21-12-7-11-20(15-21)28(37)38-17-19-9-5-4-6-10-19/h3-7,9-12,15-16,18,22,26,36H,1,8,13-14,17,29H2,2H3,(H,31,33)(H,32,35)/t18-,22-,26?/m1/s1. The first kappa shape index (κ1) is 26.8. The van der Waals surface area contributed by atoms with E-state index in [1.165, 1.54) is 6.08 Å². The maximum absolute atomic E-state index is 12.6. The molecular formula is C28H32N6O4. The minimum absolute atomic E-state index is 0.0498. The van der Waals surface area contributed by atoms with Gasteiger partial charge < -0.3 is 31.1 Å². The monoisotopic (exact) mass is 516 g/mol. The third-order valence-electron chi connectivity index (χ3n) is 6.44. The predicted octanol–water partition coefficient (Wildman–Crippen LogP) is 3.19. The summed E-state index contributed by atoms with van der Waals surface area (Å²) in [6, 6.07) is 16.1. The molecule has 4 rings (SSSR count). The fraction of sp³-hybridized carbons (Fsp3) is 0.286. The maximum Gasteiger partial charge on any atom is 0.338 e. The molecule has 198 valence electrons. The van der Waals surface area contributed by atoms with Gasteiger partial charge in [-0.25, -0.2) is 14.8 Å². The molecule has 1 unspecified atom stereocenters. The molecule has 1 fully saturated rings. The Morgan fingerprint density at radius 3 is 2.79 bits per heavy atom. The van der Waals surface area contributed by atoms with E-state index >= 15 is 0 Å². The number of aliphatic hydroxyl groups is 1. The van der Waals surface area contributed by atoms with Crippen molar-refractivity contribution in [2.24, 2.45) is 5.73 Å². The van der Waals surface area contributed by atoms with Crippen LogP contribution in [0.2, 0.25) is 0 Å². The van der Waals surface area contributed by atoms with Gasteiger partial charge in [0.25, 0.3) is 0 Å². The van der Waals surface area contributed by atoms with Crippen LogP contribution in [0, 0.1) is 0 Å². The number of carbonyl (C=O) groups excluding carboxylic acids is 2. The van der Waals surface area contributed by atoms with E-state index in [9.17, 15) is 14.7 Å². The number of anilines is 3. The van der Waals surface area contributed by atoms with Crippen LogP contribution >= 0.6 is 0 Å². The number of aromatic nitrogens is 2. The van der Waals surface area contributed by atoms with Crippen molar-refractivity contribution < 1.29 is 19.4 Å². The number of esters is 1. The van der Waals surface area contributed by atoms with E-state index in [0.717, 1.165) is 24.9 Å². The van der Waals surface area contributed by atoms with E-state index in [0.29, 0.717) is 17.1 Å². The average Bonchev–Trinajstić information content (AvgIpc) is 2.93. The van der Waals surface area contributed by atoms with Crippen molar-refractivity contribution >= 4 is 29.2 Å². The smallest absolute Gasteiger partial charge is 0.338 e. The molecule has 10 heteroatoms. The summed E-state index contributed by atoms with van der Waals surface area (Å²) in [6.07, 6.45) is 3.14. The fourth-order valence-corrected chi connectivity index (χ4v) is 4.40. The number of benzene rings is 2. The molecule has 1 aliphatic heterocycles. The average molecular weight is 517 g/mol. The van der Waals surface area contributed by atoms with Crippen molar-refractivity contribution in [3.8, 4) is 0 Å². The summed E-state index contributed by atoms with van der Waals surface area (Å²) < 4.78 is 5.44. The summed E-state index contributed by atoms with van der Waals surface area (Å²) in [5.74, 6) is 0.143. The van der Waals surface area contributed by atoms with Crippen LogP contribution in [0.15, 0.2) is 73.4 Å². The Bertz CT molecular complexity index is 1280. The molecule has 1 aromatic heterocycles. The zero-order valence-corrected chi connectivity index (χ0v) is 21.2. The van der Waals surface area contributed by atoms with Crippen molar-refractivity contribution in [3.63, 3.8) is 0 Å². The van der Waals surface area contributed by atoms with E-state index in [4.69, 9.17) is 15.5 Å². The number of aliphatic hydroxyl groups excluding tert-OH is 1. The fourth-order valence-electron chi connectivity index (χ4n) is 4.40. The molecule has 5 N–H and O–H groups in total. The first-order valence-electron chi connectivity index (χ1n) is 12.4. The zero-order valence-electron chi connectivity index (χ0n) is 21.2. The molecular weight excluding hydrogens is 484 g/mol. The summed E-state index contributed by atoms with van der Waals surface area (Å²) in [6.45, 7) is 6.43. The molecule has 0 aliphatic carbocycles. The molecule has 3 atom stereocenters. The van der Waals surface area contributed by atoms with Crippen molar-refractivity contribution in [3.05, 3.63) is 90.3 Å². The third-order valence-corrected chi connectivity index (χ3v) is 6.44. The van der Waals surface area contributed by atoms with E-state index < -0.39 is 12.2 Å². The molecule has 1 aliphatic rings. The van der Waals surface area contributed by atoms with Gasteiger partial charge in [0.1, 0.15) is 24.3 Å². The Hall–Kier alpha value is -4.28. The van der Waals surface area contributed by atoms with Crippen LogP contribution in [-0.2, 0) is 16.1 Å². The molecule has 0 spiro atoms. The van der Waals surface area contributed by atoms with Gasteiger partial charge in [0.15, 0.2) is 5.82 Å². The van der Waals surface area contributed by atoms with Gasteiger partial charge in [-0.1, -0.05) is 43.0 Å². The SMILES string of the molecule is C=CC(=O)N[C@@H]1CCCN(c2cnc(C(N)O)c(Nc3cccc(C(=O)OCc4ccccc4)c3)n2)[C@@H]1C. The summed E-state index contributed by atoms with van der Waals surface area (Å²) in [7, 11) is 0. The van der Waals surface area contributed by atoms with Gasteiger partial charge in [-0.05, 0) is 49.6 Å². The highest BCUT2D eigenvalue weighted by atomic mass is 16.5. The Morgan fingerprint density at radius 1 is 1.26 bits per heavy atom. The first-order chi connectivity index (χ1) is 18.4. The van der Waals surface area contributed by atoms with E-state index in [2.05, 4.69) is 27.1 Å². The van der Waals surface area contributed by atoms with Crippen molar-refractivity contribution in [2.45, 2.75) is 44.7 Å². The van der Waals surface area contributed by atoms with Crippen LogP contribution in [0.1, 0.15) is 47.6 Å². The molecule has 1 saturated heterocycles. The lowest BCUT2D eigenvalue weighted by Gasteiger charge is -2.40. The second-order valence-corrected chi connectivity index (χ2v) is 9.07. The van der Waals surface area contributed by atoms with Gasteiger partial charge >= 0.3 is 5.97 Å². The van der Waals surface area contributed by atoms with Gasteiger partial charge in [0.2, 0.25) is 5.91 Å². The largest absolute Gasteiger partial charge is 0.457 e. The van der Waals surface area contributed by atoms with Crippen molar-refractivity contribution in [1.29, 1.82) is 0 Å². The highest BCUT2D eigenvalue weighted by Gasteiger charge is 2.30. The third kappa shape index (κ3) is 6.53. The van der Waals surface area contributed by atoms with E-state index in [1.807, 2.05) is 37.3 Å². The molecule has 2 aromatic carbocycles. The number of nitrogens with one attached hydrogen (secondary N) is 2. The number of carbonyl (C=O) groups is 2. The van der Waals surface area contributed by atoms with Crippen LogP contribution in [-0.4, -0.2) is 45.6 Å². The molecule has 0 saturated carbocycles. The van der Waals surface area contributed by atoms with Gasteiger partial charge in [-0.2, -0.15) is 0 Å². The molecule has 1 amide bonds. The minimum atomic E-state index is -1.36. The summed E-state index contributed by atoms with van der Waals surface area (Å²) in [4.78, 5) is 35.7. The predicted molar refractivity (Wildman–Crippen MR) is 145 cm³/mol. The highest BCUT2D eigenvalue weighted by molar-refractivity contribution is 5.90. The molecule has 3 aromatic rings. The number of piperidine rings is 1. The number of hydrogen-bond donors (Lipinski definition) is 4. The van der Waals surface area contributed by atoms with Crippen LogP contribution in [0.5, 0.6) is 0 Å². The highest BCUT2D eigenvalue weighted by Crippen LogP contribution is 2.28. The molecule has 0 bridgehead atoms. The quantitative estimate of drug-likeness (QED) is 0.192. The van der Waals surface area contributed by atoms with E-state index in [-0.39, 0.29) is 36.1 Å². The van der Waals surface area contributed by atoms with Crippen LogP contribution in [0.4, 0.5) is 17.3 Å². The van der Waals surface area contributed by atoms with Gasteiger partial charge in [-0.15, -0.1) is 0 Å². The number of rotatable bonds is 9. The topological polar surface area (TPSA) is 143 Å². The normalized spacial score (nSPS) is 17.8. The number of hydrogen-bond acceptors (Lipinski definition) is 9. The van der Waals surface area contributed by atoms with Crippen LogP contribution in [0.25, 0.3) is 0 Å². The molecule has 2 heterocycles. The minimum Gasteiger partial charge on any atom is -0.457 e. The van der Waals surface area contributed by atoms with Crippen LogP contribution in [0.3, 0.4) is 0 Å². The number of ether oxygens (including phenoxy) is 1. The Balaban J connectivity index is 1.53. The van der Waals surface area contributed by atoms with Gasteiger partial charge in [-0.3, -0.25) is 4.79 Å². The second-order valence-electron chi connectivity index (χ2n) is 9.07. The Morgan fingerprint density at radius 2 is 2.05 bits per heavy atom. The van der Waals surface area contributed by atoms with Gasteiger partial charge in [0.05, 0.1) is 11.8 Å². The molecule has 10 nitrogen and oxygen atoms in total. The molecule has 0 radical (unpaired) electrons. The van der Waals surface area contributed by atoms with Crippen molar-refractivity contribution in [1.82, 2.24) is 15.3 Å². The van der Waals surface area contributed by atoms with E-state index in [1.54, 1.807) is 30.5 Å². The number of nitrogens with zero attached hydrogens (tertiary/aromatic N) is 3. The lowest BCUT2D eigenvalue weighted by atomic mass is 9.97. The first-order valence-corrected chi connectivity index (χ1v) is 12.4. The molecule has 38 heavy (non-hydrogen) atoms. The Labute approximate surface area is 221 Å². The summed E-state index contributed by atoms with van der Waals surface area (Å²) in [5, 5.41) is 16.2. The maximum atomic E-state index is 12.6. The second kappa shape index (κ2) is 12.3. The number of amides is 1. The Kier molecular flexibility index (Phi) is 8.67. The zero-order chi connectivity index (χ0) is 27.1. The summed E-state index contributed by atoms with van der Waals surface area (Å²) in [5.41, 5.74) is 7.72. The van der Waals surface area contributed by atoms with Crippen molar-refractivity contribution in [2.75, 3.05) is 16.8 Å². The lowest BCUT2D eigenvalue weighted by Crippen LogP contribution is -2.54. The number of nitrogens with two attached hydrogens (primary N) is 1. The van der Waals surface area contributed by atoms with Gasteiger partial charge in [0, 0.05) is 24.3 Å². The summed E-state index contributed by atoms with van der Waals surface area (Å²) >= 11 is 0. The lowest BCUT2D eigenvalue weighted by molar-refractivity contribution is -0.117.